The molecule has 0 saturated heterocycles. The first-order chi connectivity index (χ1) is 18.8. The lowest BCUT2D eigenvalue weighted by Crippen LogP contribution is -2.39. The first-order valence-corrected chi connectivity index (χ1v) is 13.1. The Kier molecular flexibility index (Phi) is 6.58. The summed E-state index contributed by atoms with van der Waals surface area (Å²) in [6, 6.07) is 10.8. The van der Waals surface area contributed by atoms with E-state index in [-0.39, 0.29) is 45.8 Å². The molecule has 1 aromatic heterocycles. The lowest BCUT2D eigenvalue weighted by molar-refractivity contribution is 0.0697. The van der Waals surface area contributed by atoms with Crippen molar-refractivity contribution in [2.45, 2.75) is 47.2 Å². The summed E-state index contributed by atoms with van der Waals surface area (Å²) in [6.07, 6.45) is 0. The fourth-order valence-electron chi connectivity index (χ4n) is 4.96. The first kappa shape index (κ1) is 27.2. The largest absolute Gasteiger partial charge is 0.478 e. The molecule has 0 fully saturated rings. The van der Waals surface area contributed by atoms with Crippen LogP contribution >= 0.6 is 11.6 Å². The summed E-state index contributed by atoms with van der Waals surface area (Å²) in [5.41, 5.74) is 0.492. The highest BCUT2D eigenvalue weighted by Gasteiger charge is 2.37. The van der Waals surface area contributed by atoms with E-state index in [1.807, 2.05) is 40.7 Å². The molecule has 1 aliphatic rings. The molecule has 0 aliphatic carbocycles. The van der Waals surface area contributed by atoms with Crippen LogP contribution in [0.2, 0.25) is 5.02 Å². The molecular formula is C30H28ClN3O6. The third-order valence-electron chi connectivity index (χ3n) is 7.25. The van der Waals surface area contributed by atoms with Crippen LogP contribution in [0.25, 0.3) is 0 Å². The van der Waals surface area contributed by atoms with E-state index in [2.05, 4.69) is 10.6 Å². The molecule has 0 bridgehead atoms. The number of carbonyl (C=O) groups is 2. The molecule has 1 atom stereocenters. The number of rotatable bonds is 7. The Balaban J connectivity index is 1.51. The highest BCUT2D eigenvalue weighted by molar-refractivity contribution is 6.33. The average Bonchev–Trinajstić information content (AvgIpc) is 3.42. The van der Waals surface area contributed by atoms with Gasteiger partial charge >= 0.3 is 5.97 Å². The van der Waals surface area contributed by atoms with Gasteiger partial charge < -0.3 is 25.1 Å². The van der Waals surface area contributed by atoms with Crippen LogP contribution in [0.3, 0.4) is 0 Å². The number of carboxylic acid groups (broad SMARTS) is 1. The molecule has 5 rings (SSSR count). The third kappa shape index (κ3) is 4.46. The maximum absolute atomic E-state index is 13.6. The standard InChI is InChI=1S/C30H28ClN3O6/c1-14-12-21(40-15(14)2)27(30(3,4)5)33-24-23(25(35)26(24)36)32-19-11-10-18(31)17-13-34(28(37)22(17)19)20-9-7-6-8-16(20)29(38)39/h6-12,27,32-33H,13H2,1-5H3,(H,38,39)/t27-/m0/s1. The summed E-state index contributed by atoms with van der Waals surface area (Å²) in [5.74, 6) is -0.245. The number of carboxylic acids is 1. The SMILES string of the molecule is Cc1cc([C@H](Nc2c(Nc3ccc(Cl)c4c3C(=O)N(c3ccccc3C(=O)O)C4)c(=O)c2=O)C(C)(C)C)oc1C. The van der Waals surface area contributed by atoms with E-state index in [1.54, 1.807) is 30.3 Å². The van der Waals surface area contributed by atoms with Crippen molar-refractivity contribution in [1.82, 2.24) is 0 Å². The van der Waals surface area contributed by atoms with Crippen molar-refractivity contribution in [1.29, 1.82) is 0 Å². The van der Waals surface area contributed by atoms with Gasteiger partial charge in [-0.05, 0) is 55.2 Å². The number of anilines is 4. The van der Waals surface area contributed by atoms with Gasteiger partial charge in [0.1, 0.15) is 22.9 Å². The summed E-state index contributed by atoms with van der Waals surface area (Å²) < 4.78 is 5.95. The molecule has 1 aliphatic heterocycles. The number of aryl methyl sites for hydroxylation is 2. The topological polar surface area (TPSA) is 129 Å². The summed E-state index contributed by atoms with van der Waals surface area (Å²) >= 11 is 6.45. The number of para-hydroxylation sites is 1. The van der Waals surface area contributed by atoms with Gasteiger partial charge in [0.05, 0.1) is 35.1 Å². The van der Waals surface area contributed by atoms with Crippen molar-refractivity contribution in [3.05, 3.63) is 102 Å². The molecule has 0 unspecified atom stereocenters. The van der Waals surface area contributed by atoms with Gasteiger partial charge in [-0.1, -0.05) is 44.5 Å². The number of halogens is 1. The van der Waals surface area contributed by atoms with E-state index < -0.39 is 28.8 Å². The second kappa shape index (κ2) is 9.67. The quantitative estimate of drug-likeness (QED) is 0.236. The fourth-order valence-corrected chi connectivity index (χ4v) is 5.18. The number of nitrogens with zero attached hydrogens (tertiary/aromatic N) is 1. The van der Waals surface area contributed by atoms with Crippen molar-refractivity contribution in [2.75, 3.05) is 15.5 Å². The van der Waals surface area contributed by atoms with Gasteiger partial charge in [0.15, 0.2) is 0 Å². The van der Waals surface area contributed by atoms with Gasteiger partial charge in [-0.3, -0.25) is 14.4 Å². The second-order valence-corrected chi connectivity index (χ2v) is 11.4. The maximum atomic E-state index is 13.6. The zero-order valence-electron chi connectivity index (χ0n) is 22.6. The van der Waals surface area contributed by atoms with E-state index in [0.29, 0.717) is 16.3 Å². The minimum Gasteiger partial charge on any atom is -0.478 e. The third-order valence-corrected chi connectivity index (χ3v) is 7.60. The van der Waals surface area contributed by atoms with Crippen molar-refractivity contribution in [2.24, 2.45) is 5.41 Å². The molecule has 40 heavy (non-hydrogen) atoms. The van der Waals surface area contributed by atoms with Crippen molar-refractivity contribution >= 4 is 46.2 Å². The normalized spacial score (nSPS) is 13.9. The smallest absolute Gasteiger partial charge is 0.337 e. The minimum atomic E-state index is -1.17. The van der Waals surface area contributed by atoms with E-state index >= 15 is 0 Å². The van der Waals surface area contributed by atoms with Gasteiger partial charge in [0.25, 0.3) is 16.8 Å². The lowest BCUT2D eigenvalue weighted by atomic mass is 9.84. The molecule has 0 saturated carbocycles. The number of fused-ring (bicyclic) bond motifs is 1. The monoisotopic (exact) mass is 561 g/mol. The molecule has 0 radical (unpaired) electrons. The fraction of sp³-hybridized carbons (Fsp3) is 0.267. The molecule has 3 N–H and O–H groups in total. The molecule has 1 amide bonds. The van der Waals surface area contributed by atoms with Crippen molar-refractivity contribution in [3.63, 3.8) is 0 Å². The number of furan rings is 1. The predicted octanol–water partition coefficient (Wildman–Crippen LogP) is 5.95. The Morgan fingerprint density at radius 1 is 1.05 bits per heavy atom. The minimum absolute atomic E-state index is 0.0279. The Morgan fingerprint density at radius 3 is 2.35 bits per heavy atom. The molecule has 4 aromatic rings. The Labute approximate surface area is 235 Å². The van der Waals surface area contributed by atoms with Crippen LogP contribution in [-0.2, 0) is 6.54 Å². The second-order valence-electron chi connectivity index (χ2n) is 11.0. The number of aromatic carboxylic acids is 1. The van der Waals surface area contributed by atoms with Crippen LogP contribution in [0.4, 0.5) is 22.7 Å². The molecule has 10 heteroatoms. The number of hydrogen-bond acceptors (Lipinski definition) is 7. The molecule has 3 aromatic carbocycles. The summed E-state index contributed by atoms with van der Waals surface area (Å²) in [6.45, 7) is 9.81. The van der Waals surface area contributed by atoms with Gasteiger partial charge in [-0.15, -0.1) is 0 Å². The van der Waals surface area contributed by atoms with Crippen LogP contribution in [0, 0.1) is 19.3 Å². The summed E-state index contributed by atoms with van der Waals surface area (Å²) in [4.78, 5) is 52.2. The van der Waals surface area contributed by atoms with Crippen LogP contribution in [0.15, 0.2) is 56.5 Å². The number of benzene rings is 2. The highest BCUT2D eigenvalue weighted by Crippen LogP contribution is 2.41. The van der Waals surface area contributed by atoms with Gasteiger partial charge in [0, 0.05) is 10.6 Å². The molecule has 0 spiro atoms. The average molecular weight is 562 g/mol. The lowest BCUT2D eigenvalue weighted by Gasteiger charge is -2.31. The molecule has 2 heterocycles. The maximum Gasteiger partial charge on any atom is 0.337 e. The molecule has 9 nitrogen and oxygen atoms in total. The van der Waals surface area contributed by atoms with Crippen LogP contribution in [0.5, 0.6) is 0 Å². The predicted molar refractivity (Wildman–Crippen MR) is 154 cm³/mol. The zero-order chi connectivity index (χ0) is 29.1. The Bertz CT molecular complexity index is 1740. The Hall–Kier alpha value is -4.37. The highest BCUT2D eigenvalue weighted by atomic mass is 35.5. The number of nitrogens with one attached hydrogen (secondary N) is 2. The van der Waals surface area contributed by atoms with Crippen LogP contribution in [0.1, 0.15) is 70.2 Å². The first-order valence-electron chi connectivity index (χ1n) is 12.7. The summed E-state index contributed by atoms with van der Waals surface area (Å²) in [7, 11) is 0. The van der Waals surface area contributed by atoms with E-state index in [1.165, 1.54) is 11.0 Å². The van der Waals surface area contributed by atoms with Crippen molar-refractivity contribution < 1.29 is 19.1 Å². The van der Waals surface area contributed by atoms with Crippen LogP contribution in [-0.4, -0.2) is 17.0 Å². The van der Waals surface area contributed by atoms with Gasteiger partial charge in [0.2, 0.25) is 0 Å². The molecule has 206 valence electrons. The molecular weight excluding hydrogens is 534 g/mol. The van der Waals surface area contributed by atoms with Gasteiger partial charge in [-0.2, -0.15) is 0 Å². The zero-order valence-corrected chi connectivity index (χ0v) is 23.4. The van der Waals surface area contributed by atoms with Gasteiger partial charge in [-0.25, -0.2) is 4.79 Å². The summed E-state index contributed by atoms with van der Waals surface area (Å²) in [5, 5.41) is 16.2. The Morgan fingerprint density at radius 2 is 1.73 bits per heavy atom. The van der Waals surface area contributed by atoms with E-state index in [9.17, 15) is 24.3 Å². The number of amides is 1. The van der Waals surface area contributed by atoms with Crippen LogP contribution < -0.4 is 26.4 Å². The van der Waals surface area contributed by atoms with Crippen molar-refractivity contribution in [3.8, 4) is 0 Å². The number of hydrogen-bond donors (Lipinski definition) is 3. The van der Waals surface area contributed by atoms with E-state index in [4.69, 9.17) is 16.0 Å². The van der Waals surface area contributed by atoms with E-state index in [0.717, 1.165) is 11.3 Å². The number of carbonyl (C=O) groups excluding carboxylic acids is 1.